The number of rotatable bonds is 8. The summed E-state index contributed by atoms with van der Waals surface area (Å²) in [5, 5.41) is 8.77. The summed E-state index contributed by atoms with van der Waals surface area (Å²) in [6.07, 6.45) is -2.39. The van der Waals surface area contributed by atoms with Gasteiger partial charge in [-0.15, -0.1) is 0 Å². The largest absolute Gasteiger partial charge is 0.492 e. The van der Waals surface area contributed by atoms with E-state index in [1.54, 1.807) is 0 Å². The van der Waals surface area contributed by atoms with Gasteiger partial charge in [0.1, 0.15) is 12.4 Å². The lowest BCUT2D eigenvalue weighted by molar-refractivity contribution is 0.0709. The zero-order valence-corrected chi connectivity index (χ0v) is 10.5. The Balaban J connectivity index is 2.33. The highest BCUT2D eigenvalue weighted by molar-refractivity contribution is 5.27. The first-order chi connectivity index (χ1) is 8.61. The van der Waals surface area contributed by atoms with Gasteiger partial charge >= 0.3 is 0 Å². The third kappa shape index (κ3) is 5.93. The number of aliphatic hydroxyl groups excluding tert-OH is 1. The summed E-state index contributed by atoms with van der Waals surface area (Å²) in [4.78, 5) is 1.49. The van der Waals surface area contributed by atoms with Crippen molar-refractivity contribution in [3.63, 3.8) is 0 Å². The van der Waals surface area contributed by atoms with E-state index in [1.807, 2.05) is 31.2 Å². The fraction of sp³-hybridized carbons (Fsp3) is 0.538. The van der Waals surface area contributed by atoms with E-state index in [2.05, 4.69) is 0 Å². The zero-order valence-electron chi connectivity index (χ0n) is 10.5. The van der Waals surface area contributed by atoms with Crippen LogP contribution in [0.4, 0.5) is 8.78 Å². The van der Waals surface area contributed by atoms with Crippen LogP contribution >= 0.6 is 0 Å². The summed E-state index contributed by atoms with van der Waals surface area (Å²) in [6, 6.07) is 7.57. The van der Waals surface area contributed by atoms with Gasteiger partial charge in [0.25, 0.3) is 6.43 Å². The maximum absolute atomic E-state index is 12.2. The molecule has 0 bridgehead atoms. The Morgan fingerprint density at radius 1 is 1.33 bits per heavy atom. The molecule has 0 fully saturated rings. The third-order valence-corrected chi connectivity index (χ3v) is 2.48. The van der Waals surface area contributed by atoms with Crippen molar-refractivity contribution in [2.45, 2.75) is 13.3 Å². The minimum absolute atomic E-state index is 0.128. The fourth-order valence-corrected chi connectivity index (χ4v) is 1.63. The van der Waals surface area contributed by atoms with E-state index in [4.69, 9.17) is 9.84 Å². The van der Waals surface area contributed by atoms with Crippen molar-refractivity contribution in [2.75, 3.05) is 32.8 Å². The zero-order chi connectivity index (χ0) is 13.4. The van der Waals surface area contributed by atoms with Crippen LogP contribution in [-0.4, -0.2) is 49.3 Å². The van der Waals surface area contributed by atoms with Crippen LogP contribution in [0.5, 0.6) is 5.75 Å². The quantitative estimate of drug-likeness (QED) is 0.774. The number of hydrogen-bond donors (Lipinski definition) is 1. The second kappa shape index (κ2) is 8.00. The minimum Gasteiger partial charge on any atom is -0.492 e. The van der Waals surface area contributed by atoms with E-state index in [1.165, 1.54) is 4.90 Å². The predicted molar refractivity (Wildman–Crippen MR) is 66.2 cm³/mol. The Bertz CT molecular complexity index is 348. The van der Waals surface area contributed by atoms with Crippen LogP contribution in [0.25, 0.3) is 0 Å². The van der Waals surface area contributed by atoms with E-state index >= 15 is 0 Å². The molecule has 0 aromatic heterocycles. The highest BCUT2D eigenvalue weighted by Gasteiger charge is 2.11. The molecular weight excluding hydrogens is 240 g/mol. The van der Waals surface area contributed by atoms with Gasteiger partial charge in [0, 0.05) is 13.1 Å². The van der Waals surface area contributed by atoms with Crippen LogP contribution in [0, 0.1) is 6.92 Å². The van der Waals surface area contributed by atoms with Crippen LogP contribution < -0.4 is 4.74 Å². The first kappa shape index (κ1) is 14.9. The Morgan fingerprint density at radius 3 is 2.72 bits per heavy atom. The molecule has 1 rings (SSSR count). The van der Waals surface area contributed by atoms with Gasteiger partial charge in [-0.1, -0.05) is 12.1 Å². The topological polar surface area (TPSA) is 32.7 Å². The van der Waals surface area contributed by atoms with Crippen molar-refractivity contribution < 1.29 is 18.6 Å². The Kier molecular flexibility index (Phi) is 6.60. The molecule has 0 amide bonds. The SMILES string of the molecule is Cc1cccc(OCCN(CCO)CC(F)F)c1. The average Bonchev–Trinajstić information content (AvgIpc) is 2.28. The van der Waals surface area contributed by atoms with Gasteiger partial charge in [0.2, 0.25) is 0 Å². The molecule has 1 N–H and O–H groups in total. The van der Waals surface area contributed by atoms with E-state index in [-0.39, 0.29) is 19.7 Å². The smallest absolute Gasteiger partial charge is 0.251 e. The Labute approximate surface area is 106 Å². The van der Waals surface area contributed by atoms with Crippen molar-refractivity contribution in [2.24, 2.45) is 0 Å². The number of halogens is 2. The van der Waals surface area contributed by atoms with Gasteiger partial charge in [-0.2, -0.15) is 0 Å². The lowest BCUT2D eigenvalue weighted by Crippen LogP contribution is -2.35. The molecule has 0 heterocycles. The first-order valence-electron chi connectivity index (χ1n) is 5.92. The molecule has 18 heavy (non-hydrogen) atoms. The van der Waals surface area contributed by atoms with Gasteiger partial charge in [0.15, 0.2) is 0 Å². The van der Waals surface area contributed by atoms with Gasteiger partial charge in [-0.3, -0.25) is 4.90 Å². The molecule has 1 aromatic rings. The molecule has 102 valence electrons. The average molecular weight is 259 g/mol. The molecule has 0 unspecified atom stereocenters. The summed E-state index contributed by atoms with van der Waals surface area (Å²) in [5.74, 6) is 0.732. The van der Waals surface area contributed by atoms with E-state index < -0.39 is 6.43 Å². The van der Waals surface area contributed by atoms with Crippen LogP contribution in [0.1, 0.15) is 5.56 Å². The number of benzene rings is 1. The first-order valence-corrected chi connectivity index (χ1v) is 5.92. The third-order valence-electron chi connectivity index (χ3n) is 2.48. The Morgan fingerprint density at radius 2 is 2.11 bits per heavy atom. The molecule has 1 aromatic carbocycles. The molecule has 0 radical (unpaired) electrons. The molecule has 0 saturated carbocycles. The Hall–Kier alpha value is -1.20. The van der Waals surface area contributed by atoms with Crippen molar-refractivity contribution in [3.05, 3.63) is 29.8 Å². The summed E-state index contributed by atoms with van der Waals surface area (Å²) in [6.45, 7) is 2.44. The lowest BCUT2D eigenvalue weighted by atomic mass is 10.2. The molecular formula is C13H19F2NO2. The molecule has 5 heteroatoms. The van der Waals surface area contributed by atoms with Crippen LogP contribution in [0.15, 0.2) is 24.3 Å². The van der Waals surface area contributed by atoms with Crippen LogP contribution in [0.2, 0.25) is 0 Å². The number of aliphatic hydroxyl groups is 1. The van der Waals surface area contributed by atoms with Gasteiger partial charge in [-0.05, 0) is 24.6 Å². The highest BCUT2D eigenvalue weighted by atomic mass is 19.3. The second-order valence-corrected chi connectivity index (χ2v) is 4.08. The summed E-state index contributed by atoms with van der Waals surface area (Å²) in [7, 11) is 0. The lowest BCUT2D eigenvalue weighted by Gasteiger charge is -2.20. The maximum atomic E-state index is 12.2. The molecule has 0 aliphatic carbocycles. The number of alkyl halides is 2. The summed E-state index contributed by atoms with van der Waals surface area (Å²) in [5.41, 5.74) is 1.09. The van der Waals surface area contributed by atoms with Crippen LogP contribution in [0.3, 0.4) is 0 Å². The van der Waals surface area contributed by atoms with E-state index in [9.17, 15) is 8.78 Å². The number of ether oxygens (including phenoxy) is 1. The number of nitrogens with zero attached hydrogens (tertiary/aromatic N) is 1. The van der Waals surface area contributed by atoms with Gasteiger partial charge in [-0.25, -0.2) is 8.78 Å². The molecule has 3 nitrogen and oxygen atoms in total. The summed E-state index contributed by atoms with van der Waals surface area (Å²) >= 11 is 0. The molecule has 0 saturated heterocycles. The highest BCUT2D eigenvalue weighted by Crippen LogP contribution is 2.12. The fourth-order valence-electron chi connectivity index (χ4n) is 1.63. The second-order valence-electron chi connectivity index (χ2n) is 4.08. The van der Waals surface area contributed by atoms with Gasteiger partial charge in [0.05, 0.1) is 13.2 Å². The monoisotopic (exact) mass is 259 g/mol. The standard InChI is InChI=1S/C13H19F2NO2/c1-11-3-2-4-12(9-11)18-8-6-16(5-7-17)10-13(14)15/h2-4,9,13,17H,5-8,10H2,1H3. The van der Waals surface area contributed by atoms with E-state index in [0.29, 0.717) is 13.2 Å². The molecule has 0 atom stereocenters. The minimum atomic E-state index is -2.39. The normalized spacial score (nSPS) is 11.2. The van der Waals surface area contributed by atoms with Crippen LogP contribution in [-0.2, 0) is 0 Å². The molecule has 0 aliphatic rings. The summed E-state index contributed by atoms with van der Waals surface area (Å²) < 4.78 is 30.0. The molecule has 0 aliphatic heterocycles. The predicted octanol–water partition coefficient (Wildman–Crippen LogP) is 1.93. The van der Waals surface area contributed by atoms with E-state index in [0.717, 1.165) is 11.3 Å². The molecule has 0 spiro atoms. The van der Waals surface area contributed by atoms with Crippen molar-refractivity contribution in [3.8, 4) is 5.75 Å². The van der Waals surface area contributed by atoms with Crippen molar-refractivity contribution in [1.82, 2.24) is 4.90 Å². The van der Waals surface area contributed by atoms with Crippen molar-refractivity contribution in [1.29, 1.82) is 0 Å². The van der Waals surface area contributed by atoms with Gasteiger partial charge < -0.3 is 9.84 Å². The number of aryl methyl sites for hydroxylation is 1. The number of hydrogen-bond acceptors (Lipinski definition) is 3. The maximum Gasteiger partial charge on any atom is 0.251 e. The van der Waals surface area contributed by atoms with Crippen molar-refractivity contribution >= 4 is 0 Å².